The third-order valence-corrected chi connectivity index (χ3v) is 4.52. The summed E-state index contributed by atoms with van der Waals surface area (Å²) in [5, 5.41) is 3.81. The summed E-state index contributed by atoms with van der Waals surface area (Å²) >= 11 is 7.43. The molecule has 0 atom stereocenters. The molecule has 23 heavy (non-hydrogen) atoms. The first-order chi connectivity index (χ1) is 11.0. The number of thiazole rings is 1. The summed E-state index contributed by atoms with van der Waals surface area (Å²) < 4.78 is 19.0. The Labute approximate surface area is 140 Å². The molecule has 3 rings (SSSR count). The maximum absolute atomic E-state index is 12.8. The van der Waals surface area contributed by atoms with Crippen LogP contribution < -0.4 is 10.1 Å². The van der Waals surface area contributed by atoms with Crippen LogP contribution >= 0.6 is 22.9 Å². The maximum atomic E-state index is 12.8. The minimum atomic E-state index is -0.356. The van der Waals surface area contributed by atoms with Gasteiger partial charge in [0.05, 0.1) is 10.2 Å². The summed E-state index contributed by atoms with van der Waals surface area (Å²) in [5.74, 6) is -0.268. The number of carbonyl (C=O) groups excluding carboxylic acids is 1. The first-order valence-electron chi connectivity index (χ1n) is 6.77. The predicted octanol–water partition coefficient (Wildman–Crippen LogP) is 4.41. The molecule has 0 aliphatic rings. The van der Waals surface area contributed by atoms with Crippen molar-refractivity contribution < 1.29 is 13.9 Å². The van der Waals surface area contributed by atoms with Gasteiger partial charge in [0.2, 0.25) is 0 Å². The van der Waals surface area contributed by atoms with Gasteiger partial charge >= 0.3 is 0 Å². The van der Waals surface area contributed by atoms with Crippen molar-refractivity contribution in [2.75, 3.05) is 11.9 Å². The Kier molecular flexibility index (Phi) is 4.45. The summed E-state index contributed by atoms with van der Waals surface area (Å²) in [6.07, 6.45) is 0. The quantitative estimate of drug-likeness (QED) is 0.758. The highest BCUT2D eigenvalue weighted by atomic mass is 35.5. The average molecular weight is 351 g/mol. The van der Waals surface area contributed by atoms with Crippen LogP contribution in [0.15, 0.2) is 36.4 Å². The van der Waals surface area contributed by atoms with Crippen LogP contribution in [0.25, 0.3) is 10.2 Å². The van der Waals surface area contributed by atoms with Crippen molar-refractivity contribution in [3.8, 4) is 5.75 Å². The third kappa shape index (κ3) is 3.60. The van der Waals surface area contributed by atoms with E-state index in [1.807, 2.05) is 13.0 Å². The fourth-order valence-corrected chi connectivity index (χ4v) is 3.08. The molecule has 0 aliphatic heterocycles. The molecular weight excluding hydrogens is 339 g/mol. The molecule has 1 N–H and O–H groups in total. The molecule has 118 valence electrons. The van der Waals surface area contributed by atoms with Crippen molar-refractivity contribution in [3.63, 3.8) is 0 Å². The van der Waals surface area contributed by atoms with Crippen molar-refractivity contribution in [3.05, 3.63) is 52.8 Å². The molecule has 0 saturated heterocycles. The van der Waals surface area contributed by atoms with Crippen LogP contribution in [-0.4, -0.2) is 17.5 Å². The van der Waals surface area contributed by atoms with Gasteiger partial charge in [-0.2, -0.15) is 0 Å². The smallest absolute Gasteiger partial charge is 0.264 e. The summed E-state index contributed by atoms with van der Waals surface area (Å²) in [4.78, 5) is 16.3. The first-order valence-corrected chi connectivity index (χ1v) is 7.96. The first kappa shape index (κ1) is 15.7. The zero-order valence-corrected chi connectivity index (χ0v) is 13.7. The number of hydrogen-bond acceptors (Lipinski definition) is 4. The number of ether oxygens (including phenoxy) is 1. The average Bonchev–Trinajstić information content (AvgIpc) is 2.94. The predicted molar refractivity (Wildman–Crippen MR) is 89.9 cm³/mol. The number of hydrogen-bond donors (Lipinski definition) is 1. The monoisotopic (exact) mass is 350 g/mol. The molecule has 0 bridgehead atoms. The van der Waals surface area contributed by atoms with Crippen LogP contribution in [0.2, 0.25) is 5.02 Å². The van der Waals surface area contributed by atoms with E-state index in [4.69, 9.17) is 16.3 Å². The number of anilines is 1. The Morgan fingerprint density at radius 1 is 1.30 bits per heavy atom. The van der Waals surface area contributed by atoms with Gasteiger partial charge in [0.15, 0.2) is 11.7 Å². The number of nitrogens with one attached hydrogen (secondary N) is 1. The second-order valence-electron chi connectivity index (χ2n) is 4.83. The van der Waals surface area contributed by atoms with E-state index in [9.17, 15) is 9.18 Å². The van der Waals surface area contributed by atoms with Crippen LogP contribution in [0, 0.1) is 12.7 Å². The van der Waals surface area contributed by atoms with Crippen LogP contribution in [-0.2, 0) is 4.79 Å². The van der Waals surface area contributed by atoms with Crippen molar-refractivity contribution >= 4 is 44.2 Å². The summed E-state index contributed by atoms with van der Waals surface area (Å²) in [6.45, 7) is 1.70. The normalized spacial score (nSPS) is 10.7. The Morgan fingerprint density at radius 2 is 2.04 bits per heavy atom. The molecule has 0 saturated carbocycles. The lowest BCUT2D eigenvalue weighted by atomic mass is 10.2. The lowest BCUT2D eigenvalue weighted by molar-refractivity contribution is -0.118. The van der Waals surface area contributed by atoms with Gasteiger partial charge in [-0.1, -0.05) is 22.9 Å². The van der Waals surface area contributed by atoms with Crippen molar-refractivity contribution in [1.29, 1.82) is 0 Å². The number of nitrogens with zero attached hydrogens (tertiary/aromatic N) is 1. The lowest BCUT2D eigenvalue weighted by Gasteiger charge is -2.05. The van der Waals surface area contributed by atoms with Gasteiger partial charge in [0, 0.05) is 5.02 Å². The van der Waals surface area contributed by atoms with Crippen LogP contribution in [0.3, 0.4) is 0 Å². The maximum Gasteiger partial charge on any atom is 0.264 e. The SMILES string of the molecule is Cc1c(Cl)ccc2sc(NC(=O)COc3ccc(F)cc3)nc12. The van der Waals surface area contributed by atoms with E-state index >= 15 is 0 Å². The van der Waals surface area contributed by atoms with E-state index in [1.165, 1.54) is 35.6 Å². The minimum Gasteiger partial charge on any atom is -0.484 e. The topological polar surface area (TPSA) is 51.2 Å². The number of rotatable bonds is 4. The van der Waals surface area contributed by atoms with Gasteiger partial charge in [-0.05, 0) is 48.9 Å². The molecule has 1 amide bonds. The lowest BCUT2D eigenvalue weighted by Crippen LogP contribution is -2.20. The Morgan fingerprint density at radius 3 is 2.78 bits per heavy atom. The summed E-state index contributed by atoms with van der Waals surface area (Å²) in [5.41, 5.74) is 1.65. The second-order valence-corrected chi connectivity index (χ2v) is 6.27. The molecule has 0 fully saturated rings. The molecular formula is C16H12ClFN2O2S. The third-order valence-electron chi connectivity index (χ3n) is 3.18. The number of fused-ring (bicyclic) bond motifs is 1. The minimum absolute atomic E-state index is 0.179. The van der Waals surface area contributed by atoms with Gasteiger partial charge < -0.3 is 4.74 Å². The fourth-order valence-electron chi connectivity index (χ4n) is 1.99. The molecule has 1 heterocycles. The Bertz CT molecular complexity index is 864. The molecule has 0 radical (unpaired) electrons. The largest absolute Gasteiger partial charge is 0.484 e. The van der Waals surface area contributed by atoms with Crippen LogP contribution in [0.5, 0.6) is 5.75 Å². The number of benzene rings is 2. The van der Waals surface area contributed by atoms with Gasteiger partial charge in [-0.15, -0.1) is 0 Å². The molecule has 1 aromatic heterocycles. The molecule has 0 spiro atoms. The number of carbonyl (C=O) groups is 1. The number of amides is 1. The fraction of sp³-hybridized carbons (Fsp3) is 0.125. The number of aryl methyl sites for hydroxylation is 1. The summed E-state index contributed by atoms with van der Waals surface area (Å²) in [6, 6.07) is 9.14. The molecule has 2 aromatic carbocycles. The van der Waals surface area contributed by atoms with E-state index in [1.54, 1.807) is 6.07 Å². The van der Waals surface area contributed by atoms with Crippen LogP contribution in [0.4, 0.5) is 9.52 Å². The van der Waals surface area contributed by atoms with E-state index in [0.29, 0.717) is 15.9 Å². The van der Waals surface area contributed by atoms with Gasteiger partial charge in [-0.25, -0.2) is 9.37 Å². The van der Waals surface area contributed by atoms with E-state index < -0.39 is 0 Å². The number of halogens is 2. The van der Waals surface area contributed by atoms with E-state index in [-0.39, 0.29) is 18.3 Å². The zero-order chi connectivity index (χ0) is 16.4. The van der Waals surface area contributed by atoms with E-state index in [0.717, 1.165) is 15.8 Å². The van der Waals surface area contributed by atoms with E-state index in [2.05, 4.69) is 10.3 Å². The molecule has 4 nitrogen and oxygen atoms in total. The highest BCUT2D eigenvalue weighted by molar-refractivity contribution is 7.22. The number of aromatic nitrogens is 1. The summed E-state index contributed by atoms with van der Waals surface area (Å²) in [7, 11) is 0. The second kappa shape index (κ2) is 6.52. The highest BCUT2D eigenvalue weighted by Gasteiger charge is 2.11. The zero-order valence-electron chi connectivity index (χ0n) is 12.1. The van der Waals surface area contributed by atoms with Gasteiger partial charge in [0.1, 0.15) is 11.6 Å². The molecule has 0 unspecified atom stereocenters. The van der Waals surface area contributed by atoms with Crippen molar-refractivity contribution in [2.45, 2.75) is 6.92 Å². The molecule has 7 heteroatoms. The van der Waals surface area contributed by atoms with Crippen molar-refractivity contribution in [2.24, 2.45) is 0 Å². The highest BCUT2D eigenvalue weighted by Crippen LogP contribution is 2.31. The van der Waals surface area contributed by atoms with Gasteiger partial charge in [-0.3, -0.25) is 10.1 Å². The van der Waals surface area contributed by atoms with Crippen molar-refractivity contribution in [1.82, 2.24) is 4.98 Å². The van der Waals surface area contributed by atoms with Gasteiger partial charge in [0.25, 0.3) is 5.91 Å². The Balaban J connectivity index is 1.66. The Hall–Kier alpha value is -2.18. The van der Waals surface area contributed by atoms with Crippen LogP contribution in [0.1, 0.15) is 5.56 Å². The standard InChI is InChI=1S/C16H12ClFN2O2S/c1-9-12(17)6-7-13-15(9)20-16(23-13)19-14(21)8-22-11-4-2-10(18)3-5-11/h2-7H,8H2,1H3,(H,19,20,21). The molecule has 3 aromatic rings. The molecule has 0 aliphatic carbocycles.